The highest BCUT2D eigenvalue weighted by molar-refractivity contribution is 9.10. The van der Waals surface area contributed by atoms with Crippen molar-refractivity contribution in [2.75, 3.05) is 18.0 Å². The molecule has 94 valence electrons. The number of halogens is 1. The van der Waals surface area contributed by atoms with E-state index >= 15 is 0 Å². The summed E-state index contributed by atoms with van der Waals surface area (Å²) < 4.78 is 1.25. The minimum absolute atomic E-state index is 0.520. The third-order valence-electron chi connectivity index (χ3n) is 3.88. The first kappa shape index (κ1) is 12.9. The lowest BCUT2D eigenvalue weighted by atomic mass is 9.82. The monoisotopic (exact) mass is 295 g/mol. The summed E-state index contributed by atoms with van der Waals surface area (Å²) >= 11 is 3.71. The lowest BCUT2D eigenvalue weighted by Gasteiger charge is -2.38. The van der Waals surface area contributed by atoms with Gasteiger partial charge in [0.15, 0.2) is 0 Å². The molecular weight excluding hydrogens is 274 g/mol. The van der Waals surface area contributed by atoms with Gasteiger partial charge in [0.05, 0.1) is 5.69 Å². The molecule has 2 rings (SSSR count). The van der Waals surface area contributed by atoms with Crippen LogP contribution in [0.25, 0.3) is 0 Å². The van der Waals surface area contributed by atoms with Crippen molar-refractivity contribution < 1.29 is 0 Å². The molecule has 0 spiro atoms. The highest BCUT2D eigenvalue weighted by atomic mass is 79.9. The van der Waals surface area contributed by atoms with E-state index in [1.807, 2.05) is 0 Å². The number of rotatable bonds is 2. The second-order valence-electron chi connectivity index (χ2n) is 5.79. The van der Waals surface area contributed by atoms with Gasteiger partial charge >= 0.3 is 0 Å². The zero-order valence-corrected chi connectivity index (χ0v) is 12.7. The standard InChI is InChI=1S/C15H22BrN/c1-4-12-5-6-14(13(16)11-12)17-9-7-15(2,3)8-10-17/h5-6,11H,4,7-10H2,1-3H3. The Morgan fingerprint density at radius 3 is 2.41 bits per heavy atom. The minimum atomic E-state index is 0.520. The molecule has 1 fully saturated rings. The molecule has 0 unspecified atom stereocenters. The lowest BCUT2D eigenvalue weighted by molar-refractivity contribution is 0.279. The largest absolute Gasteiger partial charge is 0.371 e. The van der Waals surface area contributed by atoms with E-state index in [1.165, 1.54) is 41.7 Å². The molecule has 2 heteroatoms. The van der Waals surface area contributed by atoms with Crippen LogP contribution >= 0.6 is 15.9 Å². The molecular formula is C15H22BrN. The van der Waals surface area contributed by atoms with Gasteiger partial charge in [0, 0.05) is 17.6 Å². The average Bonchev–Trinajstić information content (AvgIpc) is 2.29. The van der Waals surface area contributed by atoms with E-state index in [4.69, 9.17) is 0 Å². The fourth-order valence-electron chi connectivity index (χ4n) is 2.38. The van der Waals surface area contributed by atoms with Gasteiger partial charge in [-0.15, -0.1) is 0 Å². The van der Waals surface area contributed by atoms with Crippen LogP contribution in [0.3, 0.4) is 0 Å². The SMILES string of the molecule is CCc1ccc(N2CCC(C)(C)CC2)c(Br)c1. The Morgan fingerprint density at radius 1 is 1.24 bits per heavy atom. The van der Waals surface area contributed by atoms with E-state index in [-0.39, 0.29) is 0 Å². The maximum Gasteiger partial charge on any atom is 0.0510 e. The lowest BCUT2D eigenvalue weighted by Crippen LogP contribution is -2.37. The van der Waals surface area contributed by atoms with Gasteiger partial charge in [-0.25, -0.2) is 0 Å². The normalized spacial score (nSPS) is 19.4. The number of piperidine rings is 1. The summed E-state index contributed by atoms with van der Waals surface area (Å²) in [6, 6.07) is 6.77. The van der Waals surface area contributed by atoms with E-state index in [9.17, 15) is 0 Å². The maximum atomic E-state index is 3.71. The Labute approximate surface area is 113 Å². The van der Waals surface area contributed by atoms with Crippen molar-refractivity contribution in [3.8, 4) is 0 Å². The van der Waals surface area contributed by atoms with E-state index in [2.05, 4.69) is 59.8 Å². The molecule has 1 aromatic carbocycles. The zero-order valence-electron chi connectivity index (χ0n) is 11.1. The molecule has 17 heavy (non-hydrogen) atoms. The summed E-state index contributed by atoms with van der Waals surface area (Å²) in [5, 5.41) is 0. The van der Waals surface area contributed by atoms with Crippen molar-refractivity contribution in [1.29, 1.82) is 0 Å². The molecule has 1 aliphatic heterocycles. The van der Waals surface area contributed by atoms with Gasteiger partial charge in [0.2, 0.25) is 0 Å². The Bertz CT molecular complexity index is 388. The number of benzene rings is 1. The quantitative estimate of drug-likeness (QED) is 0.768. The van der Waals surface area contributed by atoms with Gasteiger partial charge in [-0.05, 0) is 58.3 Å². The van der Waals surface area contributed by atoms with Gasteiger partial charge in [0.25, 0.3) is 0 Å². The first-order valence-electron chi connectivity index (χ1n) is 6.55. The first-order valence-corrected chi connectivity index (χ1v) is 7.34. The third-order valence-corrected chi connectivity index (χ3v) is 4.51. The number of nitrogens with zero attached hydrogens (tertiary/aromatic N) is 1. The summed E-state index contributed by atoms with van der Waals surface area (Å²) in [5.74, 6) is 0. The van der Waals surface area contributed by atoms with Crippen molar-refractivity contribution in [3.63, 3.8) is 0 Å². The molecule has 1 saturated heterocycles. The van der Waals surface area contributed by atoms with Crippen LogP contribution < -0.4 is 4.90 Å². The van der Waals surface area contributed by atoms with Crippen LogP contribution in [0.1, 0.15) is 39.2 Å². The fraction of sp³-hybridized carbons (Fsp3) is 0.600. The van der Waals surface area contributed by atoms with Crippen LogP contribution in [0.2, 0.25) is 0 Å². The van der Waals surface area contributed by atoms with Crippen molar-refractivity contribution in [3.05, 3.63) is 28.2 Å². The zero-order chi connectivity index (χ0) is 12.5. The van der Waals surface area contributed by atoms with E-state index in [0.29, 0.717) is 5.41 Å². The second kappa shape index (κ2) is 5.01. The summed E-state index contributed by atoms with van der Waals surface area (Å²) in [6.45, 7) is 9.30. The topological polar surface area (TPSA) is 3.24 Å². The maximum absolute atomic E-state index is 3.71. The van der Waals surface area contributed by atoms with Gasteiger partial charge in [-0.3, -0.25) is 0 Å². The van der Waals surface area contributed by atoms with E-state index in [0.717, 1.165) is 6.42 Å². The second-order valence-corrected chi connectivity index (χ2v) is 6.64. The van der Waals surface area contributed by atoms with E-state index in [1.54, 1.807) is 0 Å². The highest BCUT2D eigenvalue weighted by Gasteiger charge is 2.26. The molecule has 1 nitrogen and oxygen atoms in total. The summed E-state index contributed by atoms with van der Waals surface area (Å²) in [6.07, 6.45) is 3.68. The number of aryl methyl sites for hydroxylation is 1. The van der Waals surface area contributed by atoms with Gasteiger partial charge < -0.3 is 4.90 Å². The van der Waals surface area contributed by atoms with Crippen LogP contribution in [0.15, 0.2) is 22.7 Å². The summed E-state index contributed by atoms with van der Waals surface area (Å²) in [5.41, 5.74) is 3.28. The van der Waals surface area contributed by atoms with Crippen LogP contribution in [0.5, 0.6) is 0 Å². The number of hydrogen-bond donors (Lipinski definition) is 0. The van der Waals surface area contributed by atoms with Gasteiger partial charge in [-0.2, -0.15) is 0 Å². The van der Waals surface area contributed by atoms with Crippen LogP contribution in [-0.2, 0) is 6.42 Å². The molecule has 0 radical (unpaired) electrons. The van der Waals surface area contributed by atoms with Crippen molar-refractivity contribution in [2.45, 2.75) is 40.0 Å². The fourth-order valence-corrected chi connectivity index (χ4v) is 3.06. The molecule has 1 aromatic rings. The van der Waals surface area contributed by atoms with Crippen LogP contribution in [-0.4, -0.2) is 13.1 Å². The summed E-state index contributed by atoms with van der Waals surface area (Å²) in [7, 11) is 0. The number of anilines is 1. The highest BCUT2D eigenvalue weighted by Crippen LogP contribution is 2.35. The summed E-state index contributed by atoms with van der Waals surface area (Å²) in [4.78, 5) is 2.51. The Morgan fingerprint density at radius 2 is 1.88 bits per heavy atom. The molecule has 0 saturated carbocycles. The molecule has 0 aliphatic carbocycles. The Balaban J connectivity index is 2.13. The smallest absolute Gasteiger partial charge is 0.0510 e. The molecule has 0 atom stereocenters. The van der Waals surface area contributed by atoms with Gasteiger partial charge in [0.1, 0.15) is 0 Å². The molecule has 0 aromatic heterocycles. The van der Waals surface area contributed by atoms with Crippen molar-refractivity contribution in [1.82, 2.24) is 0 Å². The predicted molar refractivity (Wildman–Crippen MR) is 78.7 cm³/mol. The molecule has 0 amide bonds. The van der Waals surface area contributed by atoms with Gasteiger partial charge in [-0.1, -0.05) is 26.8 Å². The molecule has 0 bridgehead atoms. The van der Waals surface area contributed by atoms with E-state index < -0.39 is 0 Å². The van der Waals surface area contributed by atoms with Crippen LogP contribution in [0.4, 0.5) is 5.69 Å². The number of hydrogen-bond acceptors (Lipinski definition) is 1. The molecule has 1 heterocycles. The van der Waals surface area contributed by atoms with Crippen molar-refractivity contribution in [2.24, 2.45) is 5.41 Å². The predicted octanol–water partition coefficient (Wildman–Crippen LogP) is 4.64. The minimum Gasteiger partial charge on any atom is -0.371 e. The Kier molecular flexibility index (Phi) is 3.82. The Hall–Kier alpha value is -0.500. The third kappa shape index (κ3) is 3.04. The first-order chi connectivity index (χ1) is 8.02. The molecule has 0 N–H and O–H groups in total. The van der Waals surface area contributed by atoms with Crippen molar-refractivity contribution >= 4 is 21.6 Å². The average molecular weight is 296 g/mol. The molecule has 1 aliphatic rings. The van der Waals surface area contributed by atoms with Crippen LogP contribution in [0, 0.1) is 5.41 Å².